The minimum absolute atomic E-state index is 0.182. The van der Waals surface area contributed by atoms with Crippen molar-refractivity contribution in [2.24, 2.45) is 0 Å². The molecule has 50 heavy (non-hydrogen) atoms. The second kappa shape index (κ2) is 13.8. The van der Waals surface area contributed by atoms with E-state index in [9.17, 15) is 49.0 Å². The minimum Gasteiger partial charge on any atom is -0.394 e. The van der Waals surface area contributed by atoms with Crippen molar-refractivity contribution in [2.75, 3.05) is 24.7 Å². The van der Waals surface area contributed by atoms with Gasteiger partial charge in [0.25, 0.3) is 5.47 Å². The molecule has 6 heterocycles. The quantitative estimate of drug-likeness (QED) is 0.0714. The van der Waals surface area contributed by atoms with Crippen molar-refractivity contribution < 1.29 is 82.0 Å². The second-order valence-corrected chi connectivity index (χ2v) is 15.3. The van der Waals surface area contributed by atoms with Gasteiger partial charge in [0.1, 0.15) is 66.6 Å². The third-order valence-electron chi connectivity index (χ3n) is 7.31. The third-order valence-corrected chi connectivity index (χ3v) is 12.1. The molecule has 4 aromatic rings. The molecule has 2 unspecified atom stereocenters. The van der Waals surface area contributed by atoms with Crippen molar-refractivity contribution in [3.05, 3.63) is 25.3 Å². The molecule has 6 rings (SSSR count). The van der Waals surface area contributed by atoms with Gasteiger partial charge in [-0.25, -0.2) is 43.3 Å². The van der Waals surface area contributed by atoms with Crippen LogP contribution < -0.4 is 11.5 Å². The van der Waals surface area contributed by atoms with E-state index in [-0.39, 0.29) is 22.8 Å². The molecular formula is C20H29N10O17P3. The van der Waals surface area contributed by atoms with Gasteiger partial charge in [-0.15, -0.1) is 0 Å². The van der Waals surface area contributed by atoms with Crippen molar-refractivity contribution in [1.82, 2.24) is 39.0 Å². The zero-order chi connectivity index (χ0) is 37.0. The highest BCUT2D eigenvalue weighted by molar-refractivity contribution is 7.68. The van der Waals surface area contributed by atoms with Crippen LogP contribution in [0.5, 0.6) is 0 Å². The molecule has 2 aliphatic heterocycles. The summed E-state index contributed by atoms with van der Waals surface area (Å²) in [6, 6.07) is 0. The number of ether oxygens (including phenoxy) is 2. The van der Waals surface area contributed by atoms with E-state index in [1.807, 2.05) is 0 Å². The number of nitrogens with zero attached hydrogens (tertiary/aromatic N) is 8. The van der Waals surface area contributed by atoms with Crippen LogP contribution in [0.15, 0.2) is 25.3 Å². The average Bonchev–Trinajstić information content (AvgIpc) is 3.77. The smallest absolute Gasteiger partial charge is 0.394 e. The fourth-order valence-electron chi connectivity index (χ4n) is 5.10. The number of hydrogen-bond donors (Lipinski definition) is 12. The zero-order valence-corrected chi connectivity index (χ0v) is 27.4. The molecule has 30 heteroatoms. The second-order valence-electron chi connectivity index (χ2n) is 10.4. The summed E-state index contributed by atoms with van der Waals surface area (Å²) in [7, 11) is -17.6. The lowest BCUT2D eigenvalue weighted by Gasteiger charge is -2.36. The average molecular weight is 774 g/mol. The van der Waals surface area contributed by atoms with Crippen molar-refractivity contribution in [1.29, 1.82) is 0 Å². The number of anilines is 2. The highest BCUT2D eigenvalue weighted by Crippen LogP contribution is 2.74. The standard InChI is InChI=1S/C10H16N5O13P3.C10H13N5O4/c11-8-5-9(13-2-12-8)15(3-14-5)10(7(18)6(17)4(1-16)26-10)29(19,20)27-31(24,25)28-30(21,22)23;11-8-5-9(13-2-12-8)15(3-14-5)10-7(18)6(17)4(1-16)19-10/h2-4,6-7,16-18H,1H2,(H,19,20)(H,24,25)(H2,11,12,13)(H2,21,22,23);2-4,6-7,10,16-18H,1H2,(H2,11,12,13)/t4-,6-,7-,10+;4-,6-,7-,10-/m11/s1. The predicted molar refractivity (Wildman–Crippen MR) is 158 cm³/mol. The minimum atomic E-state index is -5.98. The van der Waals surface area contributed by atoms with Crippen LogP contribution in [-0.4, -0.2) is 139 Å². The molecule has 0 radical (unpaired) electrons. The predicted octanol–water partition coefficient (Wildman–Crippen LogP) is -4.44. The Bertz CT molecular complexity index is 2010. The summed E-state index contributed by atoms with van der Waals surface area (Å²) in [6.07, 6.45) is -6.01. The topological polar surface area (TPSA) is 430 Å². The summed E-state index contributed by atoms with van der Waals surface area (Å²) in [6.45, 7) is -1.39. The van der Waals surface area contributed by atoms with Crippen LogP contribution in [0.1, 0.15) is 6.23 Å². The van der Waals surface area contributed by atoms with E-state index in [4.69, 9.17) is 35.8 Å². The number of phosphoric acid groups is 2. The normalized spacial score (nSPS) is 31.0. The molecule has 27 nitrogen and oxygen atoms in total. The van der Waals surface area contributed by atoms with Gasteiger partial charge < -0.3 is 71.2 Å². The number of fused-ring (bicyclic) bond motifs is 2. The Hall–Kier alpha value is -3.17. The first-order chi connectivity index (χ1) is 23.3. The molecule has 10 atom stereocenters. The number of hydrogen-bond acceptors (Lipinski definition) is 21. The molecule has 0 aliphatic carbocycles. The van der Waals surface area contributed by atoms with Crippen LogP contribution in [0.4, 0.5) is 11.6 Å². The van der Waals surface area contributed by atoms with Gasteiger partial charge in [0.2, 0.25) is 0 Å². The number of aliphatic hydroxyl groups is 6. The van der Waals surface area contributed by atoms with Gasteiger partial charge in [-0.05, 0) is 0 Å². The molecule has 2 fully saturated rings. The number of rotatable bonds is 9. The third kappa shape index (κ3) is 6.76. The summed E-state index contributed by atoms with van der Waals surface area (Å²) >= 11 is 0. The van der Waals surface area contributed by atoms with Crippen molar-refractivity contribution in [3.63, 3.8) is 0 Å². The molecule has 2 saturated heterocycles. The van der Waals surface area contributed by atoms with Crippen LogP contribution in [0.2, 0.25) is 0 Å². The van der Waals surface area contributed by atoms with E-state index in [1.165, 1.54) is 17.2 Å². The van der Waals surface area contributed by atoms with Gasteiger partial charge in [-0.1, -0.05) is 0 Å². The summed E-state index contributed by atoms with van der Waals surface area (Å²) in [4.78, 5) is 60.6. The highest BCUT2D eigenvalue weighted by Gasteiger charge is 2.69. The number of imidazole rings is 2. The first-order valence-electron chi connectivity index (χ1n) is 13.6. The van der Waals surface area contributed by atoms with Crippen LogP contribution >= 0.6 is 23.2 Å². The van der Waals surface area contributed by atoms with E-state index in [2.05, 4.69) is 38.5 Å². The number of nitrogens with two attached hydrogens (primary N) is 2. The molecule has 2 aliphatic rings. The van der Waals surface area contributed by atoms with E-state index in [1.54, 1.807) is 0 Å². The number of aromatic nitrogens is 8. The molecule has 0 spiro atoms. The van der Waals surface area contributed by atoms with E-state index in [0.29, 0.717) is 15.7 Å². The summed E-state index contributed by atoms with van der Waals surface area (Å²) in [5.74, 6) is -0.00695. The molecule has 0 saturated carbocycles. The van der Waals surface area contributed by atoms with Gasteiger partial charge in [-0.2, -0.15) is 4.31 Å². The number of aliphatic hydroxyl groups excluding tert-OH is 6. The lowest BCUT2D eigenvalue weighted by Crippen LogP contribution is -2.45. The van der Waals surface area contributed by atoms with Crippen LogP contribution in [0, 0.1) is 0 Å². The lowest BCUT2D eigenvalue weighted by molar-refractivity contribution is -0.0981. The first kappa shape index (κ1) is 38.1. The Morgan fingerprint density at radius 1 is 0.760 bits per heavy atom. The van der Waals surface area contributed by atoms with Gasteiger partial charge in [0, 0.05) is 0 Å². The zero-order valence-electron chi connectivity index (χ0n) is 24.7. The van der Waals surface area contributed by atoms with Gasteiger partial charge in [0.15, 0.2) is 29.2 Å². The van der Waals surface area contributed by atoms with Crippen molar-refractivity contribution >= 4 is 57.2 Å². The fraction of sp³-hybridized carbons (Fsp3) is 0.500. The maximum Gasteiger partial charge on any atom is 0.488 e. The molecule has 14 N–H and O–H groups in total. The molecule has 276 valence electrons. The van der Waals surface area contributed by atoms with E-state index < -0.39 is 84.8 Å². The highest BCUT2D eigenvalue weighted by atomic mass is 31.3. The van der Waals surface area contributed by atoms with Gasteiger partial charge >= 0.3 is 23.2 Å². The molecule has 0 bridgehead atoms. The van der Waals surface area contributed by atoms with Crippen LogP contribution in [-0.2, 0) is 37.3 Å². The van der Waals surface area contributed by atoms with E-state index >= 15 is 0 Å². The molecule has 0 amide bonds. The summed E-state index contributed by atoms with van der Waals surface area (Å²) in [5.41, 5.74) is 8.32. The Balaban J connectivity index is 0.000000217. The van der Waals surface area contributed by atoms with Crippen molar-refractivity contribution in [2.45, 2.75) is 48.3 Å². The Labute approximate surface area is 276 Å². The molecule has 4 aromatic heterocycles. The van der Waals surface area contributed by atoms with Gasteiger partial charge in [-0.3, -0.25) is 13.7 Å². The summed E-state index contributed by atoms with van der Waals surface area (Å²) < 4.78 is 56.2. The molecule has 0 aromatic carbocycles. The Morgan fingerprint density at radius 2 is 1.32 bits per heavy atom. The Morgan fingerprint density at radius 3 is 1.86 bits per heavy atom. The first-order valence-corrected chi connectivity index (χ1v) is 18.2. The maximum atomic E-state index is 13.2. The summed E-state index contributed by atoms with van der Waals surface area (Å²) in [5, 5.41) is 58.9. The van der Waals surface area contributed by atoms with Gasteiger partial charge in [0.05, 0.1) is 19.5 Å². The SMILES string of the molecule is Nc1ncnc2c1ncn2[C@@H]1O[C@H](CO)[C@@H](O)[C@H]1O.Nc1ncnc2c1ncn2[C@]1(P(=O)(O)OP(=O)(O)OP(=O)(O)O)O[C@H](CO)[C@@H](O)[C@H]1O. The monoisotopic (exact) mass is 774 g/mol. The number of nitrogen functional groups attached to an aromatic ring is 2. The fourth-order valence-corrected chi connectivity index (χ4v) is 9.33. The van der Waals surface area contributed by atoms with Crippen molar-refractivity contribution in [3.8, 4) is 0 Å². The molecular weight excluding hydrogens is 745 g/mol. The van der Waals surface area contributed by atoms with Crippen LogP contribution in [0.3, 0.4) is 0 Å². The van der Waals surface area contributed by atoms with E-state index in [0.717, 1.165) is 12.7 Å². The Kier molecular flexibility index (Phi) is 10.5. The largest absolute Gasteiger partial charge is 0.488 e. The van der Waals surface area contributed by atoms with Crippen LogP contribution in [0.25, 0.3) is 22.3 Å². The lowest BCUT2D eigenvalue weighted by atomic mass is 10.1. The maximum absolute atomic E-state index is 13.2.